The van der Waals surface area contributed by atoms with Gasteiger partial charge in [-0.25, -0.2) is 8.78 Å². The summed E-state index contributed by atoms with van der Waals surface area (Å²) >= 11 is 0. The van der Waals surface area contributed by atoms with Gasteiger partial charge in [-0.15, -0.1) is 0 Å². The van der Waals surface area contributed by atoms with E-state index in [0.717, 1.165) is 18.1 Å². The van der Waals surface area contributed by atoms with Crippen LogP contribution in [-0.2, 0) is 12.8 Å². The third kappa shape index (κ3) is 3.87. The zero-order valence-corrected chi connectivity index (χ0v) is 11.8. The van der Waals surface area contributed by atoms with E-state index in [4.69, 9.17) is 5.73 Å². The van der Waals surface area contributed by atoms with Crippen LogP contribution in [0.3, 0.4) is 0 Å². The van der Waals surface area contributed by atoms with Gasteiger partial charge in [-0.3, -0.25) is 0 Å². The first-order valence-electron chi connectivity index (χ1n) is 6.70. The standard InChI is InChI=1S/C17H19F2N/c1-11-5-12(2)7-14(6-11)9-15(20)8-13-3-4-16(18)17(19)10-13/h3-7,10,15H,8-9,20H2,1-2H3. The molecule has 0 aliphatic carbocycles. The first-order chi connectivity index (χ1) is 9.44. The molecule has 0 fully saturated rings. The molecule has 0 bridgehead atoms. The quantitative estimate of drug-likeness (QED) is 0.904. The molecule has 2 N–H and O–H groups in total. The topological polar surface area (TPSA) is 26.0 Å². The molecule has 20 heavy (non-hydrogen) atoms. The van der Waals surface area contributed by atoms with E-state index >= 15 is 0 Å². The lowest BCUT2D eigenvalue weighted by Crippen LogP contribution is -2.25. The Morgan fingerprint density at radius 1 is 0.850 bits per heavy atom. The van der Waals surface area contributed by atoms with Crippen LogP contribution in [0.25, 0.3) is 0 Å². The first-order valence-corrected chi connectivity index (χ1v) is 6.70. The second-order valence-electron chi connectivity index (χ2n) is 5.41. The number of hydrogen-bond acceptors (Lipinski definition) is 1. The molecule has 0 aromatic heterocycles. The highest BCUT2D eigenvalue weighted by atomic mass is 19.2. The molecule has 1 nitrogen and oxygen atoms in total. The van der Waals surface area contributed by atoms with Crippen LogP contribution in [0.2, 0.25) is 0 Å². The lowest BCUT2D eigenvalue weighted by atomic mass is 9.97. The molecule has 0 spiro atoms. The number of nitrogens with two attached hydrogens (primary N) is 1. The fourth-order valence-electron chi connectivity index (χ4n) is 2.53. The molecule has 1 atom stereocenters. The van der Waals surface area contributed by atoms with Crippen molar-refractivity contribution in [3.63, 3.8) is 0 Å². The molecule has 0 saturated carbocycles. The number of rotatable bonds is 4. The van der Waals surface area contributed by atoms with Gasteiger partial charge in [0.2, 0.25) is 0 Å². The van der Waals surface area contributed by atoms with Crippen molar-refractivity contribution in [3.8, 4) is 0 Å². The average molecular weight is 275 g/mol. The summed E-state index contributed by atoms with van der Waals surface area (Å²) in [5.74, 6) is -1.64. The van der Waals surface area contributed by atoms with Crippen LogP contribution < -0.4 is 5.73 Å². The monoisotopic (exact) mass is 275 g/mol. The van der Waals surface area contributed by atoms with Crippen LogP contribution in [-0.4, -0.2) is 6.04 Å². The number of benzene rings is 2. The largest absolute Gasteiger partial charge is 0.327 e. The minimum atomic E-state index is -0.823. The fourth-order valence-corrected chi connectivity index (χ4v) is 2.53. The number of hydrogen-bond donors (Lipinski definition) is 1. The Labute approximate surface area is 118 Å². The smallest absolute Gasteiger partial charge is 0.159 e. The summed E-state index contributed by atoms with van der Waals surface area (Å²) in [6.45, 7) is 4.11. The molecule has 2 aromatic rings. The van der Waals surface area contributed by atoms with Crippen LogP contribution >= 0.6 is 0 Å². The van der Waals surface area contributed by atoms with Gasteiger partial charge in [0, 0.05) is 6.04 Å². The van der Waals surface area contributed by atoms with Crippen LogP contribution in [0.15, 0.2) is 36.4 Å². The average Bonchev–Trinajstić information content (AvgIpc) is 2.32. The van der Waals surface area contributed by atoms with E-state index in [1.165, 1.54) is 22.8 Å². The summed E-state index contributed by atoms with van der Waals surface area (Å²) in [4.78, 5) is 0. The van der Waals surface area contributed by atoms with Crippen molar-refractivity contribution in [2.75, 3.05) is 0 Å². The van der Waals surface area contributed by atoms with Crippen LogP contribution in [0.5, 0.6) is 0 Å². The molecule has 106 valence electrons. The molecule has 3 heteroatoms. The van der Waals surface area contributed by atoms with Crippen molar-refractivity contribution in [2.24, 2.45) is 5.73 Å². The van der Waals surface area contributed by atoms with Gasteiger partial charge >= 0.3 is 0 Å². The van der Waals surface area contributed by atoms with E-state index in [1.54, 1.807) is 6.07 Å². The maximum atomic E-state index is 13.1. The van der Waals surface area contributed by atoms with Gasteiger partial charge in [0.1, 0.15) is 0 Å². The zero-order valence-electron chi connectivity index (χ0n) is 11.8. The summed E-state index contributed by atoms with van der Waals surface area (Å²) in [6, 6.07) is 10.2. The van der Waals surface area contributed by atoms with Gasteiger partial charge in [-0.05, 0) is 49.9 Å². The molecular formula is C17H19F2N. The van der Waals surface area contributed by atoms with E-state index < -0.39 is 11.6 Å². The predicted octanol–water partition coefficient (Wildman–Crippen LogP) is 3.69. The molecule has 0 aliphatic rings. The summed E-state index contributed by atoms with van der Waals surface area (Å²) in [5.41, 5.74) is 10.4. The predicted molar refractivity (Wildman–Crippen MR) is 77.7 cm³/mol. The van der Waals surface area contributed by atoms with Crippen molar-refractivity contribution in [2.45, 2.75) is 32.7 Å². The highest BCUT2D eigenvalue weighted by Crippen LogP contribution is 2.14. The maximum Gasteiger partial charge on any atom is 0.159 e. The molecule has 2 aromatic carbocycles. The Kier molecular flexibility index (Phi) is 4.50. The zero-order chi connectivity index (χ0) is 14.7. The minimum Gasteiger partial charge on any atom is -0.327 e. The number of halogens is 2. The Morgan fingerprint density at radius 3 is 2.05 bits per heavy atom. The van der Waals surface area contributed by atoms with E-state index in [9.17, 15) is 8.78 Å². The van der Waals surface area contributed by atoms with Gasteiger partial charge in [0.25, 0.3) is 0 Å². The fraction of sp³-hybridized carbons (Fsp3) is 0.294. The van der Waals surface area contributed by atoms with Gasteiger partial charge < -0.3 is 5.73 Å². The maximum absolute atomic E-state index is 13.1. The lowest BCUT2D eigenvalue weighted by Gasteiger charge is -2.13. The molecule has 0 amide bonds. The van der Waals surface area contributed by atoms with Crippen molar-refractivity contribution in [1.82, 2.24) is 0 Å². The van der Waals surface area contributed by atoms with Crippen LogP contribution in [0.4, 0.5) is 8.78 Å². The van der Waals surface area contributed by atoms with E-state index in [-0.39, 0.29) is 6.04 Å². The Balaban J connectivity index is 2.04. The second-order valence-corrected chi connectivity index (χ2v) is 5.41. The van der Waals surface area contributed by atoms with Crippen LogP contribution in [0, 0.1) is 25.5 Å². The summed E-state index contributed by atoms with van der Waals surface area (Å²) < 4.78 is 26.0. The summed E-state index contributed by atoms with van der Waals surface area (Å²) in [5, 5.41) is 0. The second kappa shape index (κ2) is 6.14. The van der Waals surface area contributed by atoms with E-state index in [2.05, 4.69) is 32.0 Å². The van der Waals surface area contributed by atoms with Crippen molar-refractivity contribution >= 4 is 0 Å². The van der Waals surface area contributed by atoms with Crippen LogP contribution in [0.1, 0.15) is 22.3 Å². The highest BCUT2D eigenvalue weighted by molar-refractivity contribution is 5.29. The molecule has 0 aliphatic heterocycles. The molecule has 0 heterocycles. The molecule has 2 rings (SSSR count). The Hall–Kier alpha value is -1.74. The Bertz CT molecular complexity index is 588. The lowest BCUT2D eigenvalue weighted by molar-refractivity contribution is 0.506. The van der Waals surface area contributed by atoms with E-state index in [1.807, 2.05) is 0 Å². The molecule has 1 unspecified atom stereocenters. The Morgan fingerprint density at radius 2 is 1.45 bits per heavy atom. The third-order valence-electron chi connectivity index (χ3n) is 3.26. The molecule has 0 saturated heterocycles. The molecular weight excluding hydrogens is 256 g/mol. The van der Waals surface area contributed by atoms with E-state index in [0.29, 0.717) is 6.42 Å². The van der Waals surface area contributed by atoms with Gasteiger partial charge in [0.15, 0.2) is 11.6 Å². The summed E-state index contributed by atoms with van der Waals surface area (Å²) in [6.07, 6.45) is 1.26. The highest BCUT2D eigenvalue weighted by Gasteiger charge is 2.09. The number of aryl methyl sites for hydroxylation is 2. The SMILES string of the molecule is Cc1cc(C)cc(CC(N)Cc2ccc(F)c(F)c2)c1. The van der Waals surface area contributed by atoms with Gasteiger partial charge in [-0.2, -0.15) is 0 Å². The van der Waals surface area contributed by atoms with Crippen molar-refractivity contribution in [1.29, 1.82) is 0 Å². The summed E-state index contributed by atoms with van der Waals surface area (Å²) in [7, 11) is 0. The van der Waals surface area contributed by atoms with Gasteiger partial charge in [0.05, 0.1) is 0 Å². The van der Waals surface area contributed by atoms with Crippen molar-refractivity contribution in [3.05, 3.63) is 70.3 Å². The van der Waals surface area contributed by atoms with Crippen molar-refractivity contribution < 1.29 is 8.78 Å². The molecule has 0 radical (unpaired) electrons. The normalized spacial score (nSPS) is 12.4. The first kappa shape index (κ1) is 14.7. The van der Waals surface area contributed by atoms with Gasteiger partial charge in [-0.1, -0.05) is 35.4 Å². The third-order valence-corrected chi connectivity index (χ3v) is 3.26. The minimum absolute atomic E-state index is 0.110.